The van der Waals surface area contributed by atoms with Crippen LogP contribution in [0.25, 0.3) is 0 Å². The number of nitrogens with zero attached hydrogens (tertiary/aromatic N) is 1. The lowest BCUT2D eigenvalue weighted by Crippen LogP contribution is -2.10. The van der Waals surface area contributed by atoms with Crippen molar-refractivity contribution in [2.75, 3.05) is 6.61 Å². The smallest absolute Gasteiger partial charge is 0.310 e. The molecule has 0 atom stereocenters. The number of ether oxygens (including phenoxy) is 1. The Morgan fingerprint density at radius 2 is 2.06 bits per heavy atom. The summed E-state index contributed by atoms with van der Waals surface area (Å²) in [7, 11) is 0. The largest absolute Gasteiger partial charge is 0.466 e. The van der Waals surface area contributed by atoms with E-state index in [1.54, 1.807) is 13.8 Å². The van der Waals surface area contributed by atoms with E-state index in [1.165, 1.54) is 12.1 Å². The van der Waals surface area contributed by atoms with Crippen LogP contribution in [-0.4, -0.2) is 12.6 Å². The number of hydrogen-bond acceptors (Lipinski definition) is 3. The molecule has 0 aliphatic rings. The molecule has 0 saturated carbocycles. The molecule has 0 radical (unpaired) electrons. The Morgan fingerprint density at radius 3 is 2.59 bits per heavy atom. The lowest BCUT2D eigenvalue weighted by atomic mass is 10.0. The van der Waals surface area contributed by atoms with Gasteiger partial charge in [0.15, 0.2) is 0 Å². The summed E-state index contributed by atoms with van der Waals surface area (Å²) in [5.74, 6) is -0.900. The van der Waals surface area contributed by atoms with Gasteiger partial charge < -0.3 is 4.74 Å². The molecule has 0 fully saturated rings. The summed E-state index contributed by atoms with van der Waals surface area (Å²) in [5.41, 5.74) is 1.03. The first-order valence-electron chi connectivity index (χ1n) is 5.49. The monoisotopic (exact) mass is 235 g/mol. The van der Waals surface area contributed by atoms with Gasteiger partial charge in [0.05, 0.1) is 24.7 Å². The van der Waals surface area contributed by atoms with Crippen LogP contribution in [0.3, 0.4) is 0 Å². The van der Waals surface area contributed by atoms with Crippen molar-refractivity contribution in [3.05, 3.63) is 34.6 Å². The van der Waals surface area contributed by atoms with Crippen LogP contribution in [0.2, 0.25) is 0 Å². The molecular weight excluding hydrogens is 221 g/mol. The first kappa shape index (κ1) is 13.2. The highest BCUT2D eigenvalue weighted by Gasteiger charge is 2.13. The quantitative estimate of drug-likeness (QED) is 0.753. The zero-order valence-corrected chi connectivity index (χ0v) is 9.92. The van der Waals surface area contributed by atoms with Gasteiger partial charge in [-0.2, -0.15) is 5.26 Å². The number of esters is 1. The Balaban J connectivity index is 3.06. The highest BCUT2D eigenvalue weighted by Crippen LogP contribution is 2.17. The molecule has 0 unspecified atom stereocenters. The van der Waals surface area contributed by atoms with Crippen LogP contribution in [0, 0.1) is 17.1 Å². The predicted molar refractivity (Wildman–Crippen MR) is 60.8 cm³/mol. The zero-order valence-electron chi connectivity index (χ0n) is 9.92. The maximum Gasteiger partial charge on any atom is 0.310 e. The Bertz CT molecular complexity index is 463. The molecule has 3 nitrogen and oxygen atoms in total. The summed E-state index contributed by atoms with van der Waals surface area (Å²) in [4.78, 5) is 11.3. The Morgan fingerprint density at radius 1 is 1.41 bits per heavy atom. The molecule has 4 heteroatoms. The van der Waals surface area contributed by atoms with Crippen LogP contribution in [0.15, 0.2) is 12.1 Å². The number of aryl methyl sites for hydroxylation is 1. The fourth-order valence-corrected chi connectivity index (χ4v) is 1.57. The van der Waals surface area contributed by atoms with Gasteiger partial charge in [-0.05, 0) is 31.0 Å². The van der Waals surface area contributed by atoms with Crippen LogP contribution < -0.4 is 0 Å². The van der Waals surface area contributed by atoms with Crippen molar-refractivity contribution in [1.82, 2.24) is 0 Å². The molecule has 0 aromatic heterocycles. The van der Waals surface area contributed by atoms with Crippen molar-refractivity contribution in [3.8, 4) is 6.07 Å². The highest BCUT2D eigenvalue weighted by atomic mass is 19.1. The summed E-state index contributed by atoms with van der Waals surface area (Å²) >= 11 is 0. The molecule has 0 saturated heterocycles. The molecule has 0 heterocycles. The minimum Gasteiger partial charge on any atom is -0.466 e. The molecule has 0 aliphatic carbocycles. The van der Waals surface area contributed by atoms with Gasteiger partial charge in [0, 0.05) is 5.56 Å². The number of carbonyl (C=O) groups excluding carboxylic acids is 1. The van der Waals surface area contributed by atoms with Gasteiger partial charge in [-0.15, -0.1) is 0 Å². The number of nitriles is 1. The predicted octanol–water partition coefficient (Wildman–Crippen LogP) is 2.37. The highest BCUT2D eigenvalue weighted by molar-refractivity contribution is 5.73. The third-order valence-electron chi connectivity index (χ3n) is 2.37. The lowest BCUT2D eigenvalue weighted by molar-refractivity contribution is -0.142. The van der Waals surface area contributed by atoms with Crippen molar-refractivity contribution in [3.63, 3.8) is 0 Å². The SMILES string of the molecule is CCOC(=O)Cc1cc(C#N)cc(CC)c1F. The van der Waals surface area contributed by atoms with Crippen LogP contribution in [0.4, 0.5) is 4.39 Å². The first-order chi connectivity index (χ1) is 8.12. The van der Waals surface area contributed by atoms with E-state index in [-0.39, 0.29) is 18.6 Å². The molecule has 1 aromatic carbocycles. The second kappa shape index (κ2) is 6.00. The maximum atomic E-state index is 13.9. The molecule has 90 valence electrons. The Kier molecular flexibility index (Phi) is 4.65. The van der Waals surface area contributed by atoms with E-state index in [9.17, 15) is 9.18 Å². The summed E-state index contributed by atoms with van der Waals surface area (Å²) in [6, 6.07) is 4.85. The standard InChI is InChI=1S/C13H14FNO2/c1-3-10-5-9(8-15)6-11(13(10)14)7-12(16)17-4-2/h5-6H,3-4,7H2,1-2H3. The van der Waals surface area contributed by atoms with E-state index in [2.05, 4.69) is 0 Å². The topological polar surface area (TPSA) is 50.1 Å². The summed E-state index contributed by atoms with van der Waals surface area (Å²) in [6.07, 6.45) is 0.347. The molecule has 0 aliphatic heterocycles. The molecular formula is C13H14FNO2. The van der Waals surface area contributed by atoms with Crippen LogP contribution in [0.1, 0.15) is 30.5 Å². The van der Waals surface area contributed by atoms with Crippen molar-refractivity contribution in [2.45, 2.75) is 26.7 Å². The van der Waals surface area contributed by atoms with Gasteiger partial charge in [0.2, 0.25) is 0 Å². The van der Waals surface area contributed by atoms with Gasteiger partial charge in [-0.3, -0.25) is 4.79 Å². The van der Waals surface area contributed by atoms with Crippen LogP contribution in [0.5, 0.6) is 0 Å². The van der Waals surface area contributed by atoms with E-state index in [0.717, 1.165) is 0 Å². The van der Waals surface area contributed by atoms with E-state index in [0.29, 0.717) is 17.5 Å². The molecule has 17 heavy (non-hydrogen) atoms. The fraction of sp³-hybridized carbons (Fsp3) is 0.385. The van der Waals surface area contributed by atoms with Crippen molar-refractivity contribution in [1.29, 1.82) is 5.26 Å². The molecule has 1 aromatic rings. The van der Waals surface area contributed by atoms with E-state index in [1.807, 2.05) is 6.07 Å². The summed E-state index contributed by atoms with van der Waals surface area (Å²) in [5, 5.41) is 8.82. The minimum absolute atomic E-state index is 0.137. The number of benzene rings is 1. The summed E-state index contributed by atoms with van der Waals surface area (Å²) in [6.45, 7) is 3.75. The minimum atomic E-state index is -0.483. The summed E-state index contributed by atoms with van der Waals surface area (Å²) < 4.78 is 18.6. The van der Waals surface area contributed by atoms with Crippen molar-refractivity contribution >= 4 is 5.97 Å². The molecule has 0 N–H and O–H groups in total. The third kappa shape index (κ3) is 3.28. The van der Waals surface area contributed by atoms with Crippen LogP contribution >= 0.6 is 0 Å². The van der Waals surface area contributed by atoms with Gasteiger partial charge in [0.1, 0.15) is 5.82 Å². The zero-order chi connectivity index (χ0) is 12.8. The number of halogens is 1. The van der Waals surface area contributed by atoms with Crippen LogP contribution in [-0.2, 0) is 22.4 Å². The van der Waals surface area contributed by atoms with E-state index < -0.39 is 11.8 Å². The molecule has 1 rings (SSSR count). The normalized spacial score (nSPS) is 9.76. The second-order valence-electron chi connectivity index (χ2n) is 3.56. The first-order valence-corrected chi connectivity index (χ1v) is 5.49. The average molecular weight is 235 g/mol. The number of carbonyl (C=O) groups is 1. The molecule has 0 bridgehead atoms. The third-order valence-corrected chi connectivity index (χ3v) is 2.37. The number of rotatable bonds is 4. The van der Waals surface area contributed by atoms with Gasteiger partial charge in [-0.25, -0.2) is 4.39 Å². The van der Waals surface area contributed by atoms with Crippen molar-refractivity contribution in [2.24, 2.45) is 0 Å². The van der Waals surface area contributed by atoms with E-state index >= 15 is 0 Å². The van der Waals surface area contributed by atoms with Gasteiger partial charge in [-0.1, -0.05) is 6.92 Å². The Hall–Kier alpha value is -1.89. The number of hydrogen-bond donors (Lipinski definition) is 0. The van der Waals surface area contributed by atoms with Gasteiger partial charge in [0.25, 0.3) is 0 Å². The van der Waals surface area contributed by atoms with E-state index in [4.69, 9.17) is 10.00 Å². The average Bonchev–Trinajstić information content (AvgIpc) is 2.32. The second-order valence-corrected chi connectivity index (χ2v) is 3.56. The van der Waals surface area contributed by atoms with Gasteiger partial charge >= 0.3 is 5.97 Å². The Labute approximate surface area is 99.8 Å². The van der Waals surface area contributed by atoms with Crippen molar-refractivity contribution < 1.29 is 13.9 Å². The fourth-order valence-electron chi connectivity index (χ4n) is 1.57. The molecule has 0 amide bonds. The maximum absolute atomic E-state index is 13.9. The lowest BCUT2D eigenvalue weighted by Gasteiger charge is -2.07. The molecule has 0 spiro atoms.